The first-order valence-electron chi connectivity index (χ1n) is 14.6. The second kappa shape index (κ2) is 12.3. The largest absolute Gasteiger partial charge is 0.349 e. The smallest absolute Gasteiger partial charge is 0.253 e. The molecule has 0 aromatic heterocycles. The Morgan fingerprint density at radius 2 is 1.62 bits per heavy atom. The lowest BCUT2D eigenvalue weighted by Gasteiger charge is -2.41. The van der Waals surface area contributed by atoms with Crippen molar-refractivity contribution in [2.45, 2.75) is 83.2 Å². The summed E-state index contributed by atoms with van der Waals surface area (Å²) >= 11 is 0. The van der Waals surface area contributed by atoms with Crippen molar-refractivity contribution in [2.75, 3.05) is 26.2 Å². The summed E-state index contributed by atoms with van der Waals surface area (Å²) in [6, 6.07) is 17.5. The molecule has 0 radical (unpaired) electrons. The van der Waals surface area contributed by atoms with Crippen molar-refractivity contribution in [1.82, 2.24) is 15.1 Å². The Kier molecular flexibility index (Phi) is 8.60. The molecule has 37 heavy (non-hydrogen) atoms. The molecule has 2 fully saturated rings. The van der Waals surface area contributed by atoms with Crippen LogP contribution in [-0.4, -0.2) is 53.8 Å². The van der Waals surface area contributed by atoms with Gasteiger partial charge in [0.25, 0.3) is 5.91 Å². The number of carbonyl (C=O) groups excluding carboxylic acids is 2. The van der Waals surface area contributed by atoms with Crippen LogP contribution in [-0.2, 0) is 17.6 Å². The van der Waals surface area contributed by atoms with Gasteiger partial charge in [-0.15, -0.1) is 0 Å². The molecule has 5 rings (SSSR count). The van der Waals surface area contributed by atoms with E-state index in [1.165, 1.54) is 29.5 Å². The van der Waals surface area contributed by atoms with E-state index in [4.69, 9.17) is 0 Å². The van der Waals surface area contributed by atoms with Gasteiger partial charge in [-0.25, -0.2) is 0 Å². The quantitative estimate of drug-likeness (QED) is 0.542. The van der Waals surface area contributed by atoms with E-state index in [0.29, 0.717) is 6.04 Å². The van der Waals surface area contributed by atoms with Gasteiger partial charge in [0.2, 0.25) is 5.91 Å². The Hall–Kier alpha value is -2.66. The summed E-state index contributed by atoms with van der Waals surface area (Å²) in [5, 5.41) is 3.38. The van der Waals surface area contributed by atoms with E-state index in [0.717, 1.165) is 83.1 Å². The third kappa shape index (κ3) is 6.26. The maximum absolute atomic E-state index is 13.1. The SMILES string of the molecule is CCCCc1ccc(C(=O)N2CCC(N3CCC(C(=O)N[C@@H]4CCCc5ccccc54)CC3)CC2)cc1. The van der Waals surface area contributed by atoms with Crippen LogP contribution in [0.3, 0.4) is 0 Å². The van der Waals surface area contributed by atoms with Crippen LogP contribution in [0, 0.1) is 5.92 Å². The van der Waals surface area contributed by atoms with Gasteiger partial charge in [0.15, 0.2) is 0 Å². The van der Waals surface area contributed by atoms with Crippen molar-refractivity contribution >= 4 is 11.8 Å². The van der Waals surface area contributed by atoms with E-state index in [1.807, 2.05) is 17.0 Å². The maximum Gasteiger partial charge on any atom is 0.253 e. The lowest BCUT2D eigenvalue weighted by atomic mass is 9.86. The Bertz CT molecular complexity index is 1050. The molecule has 1 atom stereocenters. The van der Waals surface area contributed by atoms with Gasteiger partial charge in [-0.2, -0.15) is 0 Å². The van der Waals surface area contributed by atoms with E-state index in [9.17, 15) is 9.59 Å². The molecule has 198 valence electrons. The van der Waals surface area contributed by atoms with E-state index in [-0.39, 0.29) is 23.8 Å². The lowest BCUT2D eigenvalue weighted by Crippen LogP contribution is -2.50. The highest BCUT2D eigenvalue weighted by Crippen LogP contribution is 2.31. The van der Waals surface area contributed by atoms with Gasteiger partial charge >= 0.3 is 0 Å². The van der Waals surface area contributed by atoms with E-state index < -0.39 is 0 Å². The number of hydrogen-bond donors (Lipinski definition) is 1. The van der Waals surface area contributed by atoms with Crippen LogP contribution in [0.5, 0.6) is 0 Å². The van der Waals surface area contributed by atoms with Gasteiger partial charge < -0.3 is 15.1 Å². The van der Waals surface area contributed by atoms with Crippen LogP contribution in [0.15, 0.2) is 48.5 Å². The fourth-order valence-corrected chi connectivity index (χ4v) is 6.53. The van der Waals surface area contributed by atoms with Gasteiger partial charge in [0.1, 0.15) is 0 Å². The first-order chi connectivity index (χ1) is 18.1. The average Bonchev–Trinajstić information content (AvgIpc) is 2.96. The molecular weight excluding hydrogens is 458 g/mol. The summed E-state index contributed by atoms with van der Waals surface area (Å²) in [7, 11) is 0. The molecule has 2 aliphatic heterocycles. The van der Waals surface area contributed by atoms with Crippen molar-refractivity contribution in [1.29, 1.82) is 0 Å². The van der Waals surface area contributed by atoms with Crippen LogP contribution in [0.25, 0.3) is 0 Å². The highest BCUT2D eigenvalue weighted by molar-refractivity contribution is 5.94. The van der Waals surface area contributed by atoms with Crippen molar-refractivity contribution < 1.29 is 9.59 Å². The third-order valence-corrected chi connectivity index (χ3v) is 8.87. The number of nitrogens with zero attached hydrogens (tertiary/aromatic N) is 2. The zero-order valence-corrected chi connectivity index (χ0v) is 22.5. The monoisotopic (exact) mass is 501 g/mol. The Balaban J connectivity index is 1.06. The number of aryl methyl sites for hydroxylation is 2. The van der Waals surface area contributed by atoms with E-state index in [1.54, 1.807) is 0 Å². The van der Waals surface area contributed by atoms with Crippen LogP contribution in [0.4, 0.5) is 0 Å². The molecule has 0 spiro atoms. The second-order valence-electron chi connectivity index (χ2n) is 11.3. The molecular formula is C32H43N3O2. The number of unbranched alkanes of at least 4 members (excludes halogenated alkanes) is 1. The number of piperidine rings is 2. The Labute approximate surface area is 222 Å². The summed E-state index contributed by atoms with van der Waals surface area (Å²) in [5.74, 6) is 0.523. The Morgan fingerprint density at radius 1 is 0.892 bits per heavy atom. The number of amides is 2. The van der Waals surface area contributed by atoms with Gasteiger partial charge in [-0.05, 0) is 99.7 Å². The highest BCUT2D eigenvalue weighted by Gasteiger charge is 2.33. The number of carbonyl (C=O) groups is 2. The third-order valence-electron chi connectivity index (χ3n) is 8.87. The predicted octanol–water partition coefficient (Wildman–Crippen LogP) is 5.54. The average molecular weight is 502 g/mol. The number of benzene rings is 2. The topological polar surface area (TPSA) is 52.7 Å². The van der Waals surface area contributed by atoms with Gasteiger partial charge in [-0.3, -0.25) is 9.59 Å². The standard InChI is InChI=1S/C32H43N3O2/c1-2-3-7-24-12-14-27(15-13-24)32(37)35-22-18-28(19-23-35)34-20-16-26(17-21-34)31(36)33-30-11-6-9-25-8-4-5-10-29(25)30/h4-5,8,10,12-15,26,28,30H,2-3,6-7,9,11,16-23H2,1H3,(H,33,36)/t30-/m1/s1. The van der Waals surface area contributed by atoms with Crippen molar-refractivity contribution in [3.05, 3.63) is 70.8 Å². The first kappa shape index (κ1) is 26.0. The predicted molar refractivity (Wildman–Crippen MR) is 149 cm³/mol. The number of fused-ring (bicyclic) bond motifs is 1. The molecule has 3 aliphatic rings. The zero-order valence-electron chi connectivity index (χ0n) is 22.5. The minimum absolute atomic E-state index is 0.118. The number of likely N-dealkylation sites (tertiary alicyclic amines) is 2. The summed E-state index contributed by atoms with van der Waals surface area (Å²) in [6.45, 7) is 5.82. The van der Waals surface area contributed by atoms with E-state index >= 15 is 0 Å². The molecule has 2 aromatic carbocycles. The van der Waals surface area contributed by atoms with Crippen molar-refractivity contribution in [3.63, 3.8) is 0 Å². The Morgan fingerprint density at radius 3 is 2.35 bits per heavy atom. The van der Waals surface area contributed by atoms with Gasteiger partial charge in [-0.1, -0.05) is 49.7 Å². The second-order valence-corrected chi connectivity index (χ2v) is 11.3. The molecule has 0 bridgehead atoms. The normalized spacial score (nSPS) is 21.4. The van der Waals surface area contributed by atoms with Crippen LogP contribution >= 0.6 is 0 Å². The molecule has 2 saturated heterocycles. The van der Waals surface area contributed by atoms with Crippen molar-refractivity contribution in [2.24, 2.45) is 5.92 Å². The summed E-state index contributed by atoms with van der Waals surface area (Å²) in [5.41, 5.74) is 4.83. The zero-order chi connectivity index (χ0) is 25.6. The fraction of sp³-hybridized carbons (Fsp3) is 0.562. The molecule has 1 aliphatic carbocycles. The van der Waals surface area contributed by atoms with E-state index in [2.05, 4.69) is 53.5 Å². The molecule has 2 heterocycles. The van der Waals surface area contributed by atoms with Crippen LogP contribution in [0.2, 0.25) is 0 Å². The number of nitrogens with one attached hydrogen (secondary N) is 1. The summed E-state index contributed by atoms with van der Waals surface area (Å²) in [6.07, 6.45) is 10.7. The molecule has 0 saturated carbocycles. The van der Waals surface area contributed by atoms with Gasteiger partial charge in [0, 0.05) is 30.6 Å². The molecule has 5 heteroatoms. The highest BCUT2D eigenvalue weighted by atomic mass is 16.2. The molecule has 1 N–H and O–H groups in total. The van der Waals surface area contributed by atoms with Crippen molar-refractivity contribution in [3.8, 4) is 0 Å². The molecule has 5 nitrogen and oxygen atoms in total. The summed E-state index contributed by atoms with van der Waals surface area (Å²) < 4.78 is 0. The first-order valence-corrected chi connectivity index (χ1v) is 14.6. The van der Waals surface area contributed by atoms with Gasteiger partial charge in [0.05, 0.1) is 6.04 Å². The number of rotatable bonds is 7. The molecule has 0 unspecified atom stereocenters. The lowest BCUT2D eigenvalue weighted by molar-refractivity contribution is -0.127. The maximum atomic E-state index is 13.1. The molecule has 2 aromatic rings. The van der Waals surface area contributed by atoms with Crippen LogP contribution in [0.1, 0.15) is 91.4 Å². The molecule has 2 amide bonds. The summed E-state index contributed by atoms with van der Waals surface area (Å²) in [4.78, 5) is 30.7. The number of hydrogen-bond acceptors (Lipinski definition) is 3. The minimum Gasteiger partial charge on any atom is -0.349 e. The minimum atomic E-state index is 0.118. The van der Waals surface area contributed by atoms with Crippen LogP contribution < -0.4 is 5.32 Å². The fourth-order valence-electron chi connectivity index (χ4n) is 6.53.